The number of benzene rings is 3. The lowest BCUT2D eigenvalue weighted by atomic mass is 10.1. The van der Waals surface area contributed by atoms with Crippen LogP contribution in [0, 0.1) is 0 Å². The Hall–Kier alpha value is -2.56. The SMILES string of the molecule is CC(Oc1cccc2ccccc12)C(=O)N/N=C/c1cccc(Cl)c1Cl. The number of nitrogens with zero attached hydrogens (tertiary/aromatic N) is 1. The molecular formula is C20H16Cl2N2O2. The van der Waals surface area contributed by atoms with Crippen molar-refractivity contribution >= 4 is 46.1 Å². The second kappa shape index (κ2) is 8.21. The Labute approximate surface area is 161 Å². The first-order chi connectivity index (χ1) is 12.6. The van der Waals surface area contributed by atoms with E-state index in [0.29, 0.717) is 21.4 Å². The number of ether oxygens (including phenoxy) is 1. The molecule has 1 N–H and O–H groups in total. The minimum atomic E-state index is -0.715. The lowest BCUT2D eigenvalue weighted by molar-refractivity contribution is -0.127. The number of hydrazone groups is 1. The number of carbonyl (C=O) groups is 1. The molecule has 0 spiro atoms. The molecule has 0 saturated heterocycles. The Morgan fingerprint density at radius 1 is 1.08 bits per heavy atom. The summed E-state index contributed by atoms with van der Waals surface area (Å²) < 4.78 is 5.80. The van der Waals surface area contributed by atoms with E-state index >= 15 is 0 Å². The molecule has 1 amide bonds. The van der Waals surface area contributed by atoms with E-state index in [4.69, 9.17) is 27.9 Å². The van der Waals surface area contributed by atoms with Crippen LogP contribution < -0.4 is 10.2 Å². The number of hydrogen-bond donors (Lipinski definition) is 1. The lowest BCUT2D eigenvalue weighted by Gasteiger charge is -2.14. The lowest BCUT2D eigenvalue weighted by Crippen LogP contribution is -2.33. The van der Waals surface area contributed by atoms with E-state index in [1.165, 1.54) is 6.21 Å². The fraction of sp³-hybridized carbons (Fsp3) is 0.100. The van der Waals surface area contributed by atoms with Crippen LogP contribution in [0.3, 0.4) is 0 Å². The van der Waals surface area contributed by atoms with Crippen molar-refractivity contribution in [3.63, 3.8) is 0 Å². The van der Waals surface area contributed by atoms with Crippen molar-refractivity contribution in [2.75, 3.05) is 0 Å². The molecule has 0 aliphatic heterocycles. The van der Waals surface area contributed by atoms with Crippen molar-refractivity contribution in [1.29, 1.82) is 0 Å². The molecule has 0 radical (unpaired) electrons. The molecule has 4 nitrogen and oxygen atoms in total. The minimum absolute atomic E-state index is 0.368. The topological polar surface area (TPSA) is 50.7 Å². The van der Waals surface area contributed by atoms with E-state index < -0.39 is 6.10 Å². The van der Waals surface area contributed by atoms with E-state index in [9.17, 15) is 4.79 Å². The summed E-state index contributed by atoms with van der Waals surface area (Å²) in [5.74, 6) is 0.278. The molecule has 1 atom stereocenters. The van der Waals surface area contributed by atoms with Gasteiger partial charge < -0.3 is 4.74 Å². The Morgan fingerprint density at radius 3 is 2.65 bits per heavy atom. The number of carbonyl (C=O) groups excluding carboxylic acids is 1. The number of fused-ring (bicyclic) bond motifs is 1. The van der Waals surface area contributed by atoms with Crippen LogP contribution in [-0.4, -0.2) is 18.2 Å². The van der Waals surface area contributed by atoms with Gasteiger partial charge in [-0.1, -0.05) is 71.7 Å². The van der Waals surface area contributed by atoms with Gasteiger partial charge in [-0.2, -0.15) is 5.10 Å². The van der Waals surface area contributed by atoms with Crippen molar-refractivity contribution in [2.24, 2.45) is 5.10 Å². The van der Waals surface area contributed by atoms with E-state index in [1.54, 1.807) is 25.1 Å². The van der Waals surface area contributed by atoms with E-state index in [0.717, 1.165) is 10.8 Å². The number of nitrogens with one attached hydrogen (secondary N) is 1. The molecule has 0 heterocycles. The van der Waals surface area contributed by atoms with Crippen LogP contribution in [0.5, 0.6) is 5.75 Å². The highest BCUT2D eigenvalue weighted by Crippen LogP contribution is 2.26. The monoisotopic (exact) mass is 386 g/mol. The predicted octanol–water partition coefficient (Wildman–Crippen LogP) is 5.06. The highest BCUT2D eigenvalue weighted by molar-refractivity contribution is 6.43. The fourth-order valence-corrected chi connectivity index (χ4v) is 2.78. The Kier molecular flexibility index (Phi) is 5.76. The maximum Gasteiger partial charge on any atom is 0.280 e. The maximum absolute atomic E-state index is 12.2. The molecule has 6 heteroatoms. The third-order valence-electron chi connectivity index (χ3n) is 3.78. The highest BCUT2D eigenvalue weighted by atomic mass is 35.5. The predicted molar refractivity (Wildman–Crippen MR) is 106 cm³/mol. The van der Waals surface area contributed by atoms with Crippen LogP contribution in [0.4, 0.5) is 0 Å². The summed E-state index contributed by atoms with van der Waals surface area (Å²) in [6.45, 7) is 1.67. The zero-order valence-corrected chi connectivity index (χ0v) is 15.5. The third-order valence-corrected chi connectivity index (χ3v) is 4.62. The zero-order chi connectivity index (χ0) is 18.5. The van der Waals surface area contributed by atoms with Crippen LogP contribution in [0.15, 0.2) is 65.8 Å². The Balaban J connectivity index is 1.66. The summed E-state index contributed by atoms with van der Waals surface area (Å²) in [5.41, 5.74) is 3.06. The van der Waals surface area contributed by atoms with Gasteiger partial charge in [0.2, 0.25) is 0 Å². The van der Waals surface area contributed by atoms with E-state index in [-0.39, 0.29) is 5.91 Å². The molecule has 26 heavy (non-hydrogen) atoms. The normalized spacial score (nSPS) is 12.3. The van der Waals surface area contributed by atoms with Crippen molar-refractivity contribution in [2.45, 2.75) is 13.0 Å². The molecule has 0 aromatic heterocycles. The van der Waals surface area contributed by atoms with Crippen LogP contribution in [0.25, 0.3) is 10.8 Å². The van der Waals surface area contributed by atoms with Crippen LogP contribution in [-0.2, 0) is 4.79 Å². The van der Waals surface area contributed by atoms with Gasteiger partial charge in [0.05, 0.1) is 16.3 Å². The average molecular weight is 387 g/mol. The molecule has 3 aromatic carbocycles. The van der Waals surface area contributed by atoms with Gasteiger partial charge in [-0.25, -0.2) is 5.43 Å². The second-order valence-electron chi connectivity index (χ2n) is 5.61. The first-order valence-electron chi connectivity index (χ1n) is 7.97. The maximum atomic E-state index is 12.2. The summed E-state index contributed by atoms with van der Waals surface area (Å²) >= 11 is 12.0. The van der Waals surface area contributed by atoms with Crippen molar-refractivity contribution in [3.05, 3.63) is 76.3 Å². The first-order valence-corrected chi connectivity index (χ1v) is 8.73. The molecular weight excluding hydrogens is 371 g/mol. The van der Waals surface area contributed by atoms with Crippen molar-refractivity contribution < 1.29 is 9.53 Å². The number of hydrogen-bond acceptors (Lipinski definition) is 3. The molecule has 0 bridgehead atoms. The van der Waals surface area contributed by atoms with Crippen LogP contribution >= 0.6 is 23.2 Å². The van der Waals surface area contributed by atoms with Gasteiger partial charge in [0.25, 0.3) is 5.91 Å². The number of amides is 1. The minimum Gasteiger partial charge on any atom is -0.480 e. The molecule has 132 valence electrons. The average Bonchev–Trinajstić information content (AvgIpc) is 2.65. The van der Waals surface area contributed by atoms with Gasteiger partial charge in [0.1, 0.15) is 5.75 Å². The molecule has 0 aliphatic rings. The standard InChI is InChI=1S/C20H16Cl2N2O2/c1-13(26-18-11-5-7-14-6-2-3-9-16(14)18)20(25)24-23-12-15-8-4-10-17(21)19(15)22/h2-13H,1H3,(H,24,25)/b23-12+. The smallest absolute Gasteiger partial charge is 0.280 e. The van der Waals surface area contributed by atoms with Gasteiger partial charge in [-0.3, -0.25) is 4.79 Å². The quantitative estimate of drug-likeness (QED) is 0.491. The highest BCUT2D eigenvalue weighted by Gasteiger charge is 2.15. The molecule has 3 aromatic rings. The fourth-order valence-electron chi connectivity index (χ4n) is 2.42. The number of halogens is 2. The summed E-state index contributed by atoms with van der Waals surface area (Å²) in [6, 6.07) is 18.7. The van der Waals surface area contributed by atoms with Gasteiger partial charge >= 0.3 is 0 Å². The van der Waals surface area contributed by atoms with Gasteiger partial charge in [0, 0.05) is 10.9 Å². The molecule has 3 rings (SSSR count). The molecule has 1 unspecified atom stereocenters. The Morgan fingerprint density at radius 2 is 1.81 bits per heavy atom. The van der Waals surface area contributed by atoms with E-state index in [2.05, 4.69) is 10.5 Å². The number of rotatable bonds is 5. The molecule has 0 saturated carbocycles. The zero-order valence-electron chi connectivity index (χ0n) is 13.9. The summed E-state index contributed by atoms with van der Waals surface area (Å²) in [6.07, 6.45) is 0.726. The third kappa shape index (κ3) is 4.15. The van der Waals surface area contributed by atoms with Gasteiger partial charge in [-0.05, 0) is 24.4 Å². The van der Waals surface area contributed by atoms with Crippen LogP contribution in [0.1, 0.15) is 12.5 Å². The first kappa shape index (κ1) is 18.2. The molecule has 0 fully saturated rings. The van der Waals surface area contributed by atoms with Crippen molar-refractivity contribution in [3.8, 4) is 5.75 Å². The summed E-state index contributed by atoms with van der Waals surface area (Å²) in [5, 5.41) is 6.72. The Bertz CT molecular complexity index is 968. The molecule has 0 aliphatic carbocycles. The van der Waals surface area contributed by atoms with Crippen LogP contribution in [0.2, 0.25) is 10.0 Å². The van der Waals surface area contributed by atoms with Gasteiger partial charge in [-0.15, -0.1) is 0 Å². The summed E-state index contributed by atoms with van der Waals surface area (Å²) in [4.78, 5) is 12.2. The summed E-state index contributed by atoms with van der Waals surface area (Å²) in [7, 11) is 0. The van der Waals surface area contributed by atoms with E-state index in [1.807, 2.05) is 42.5 Å². The second-order valence-corrected chi connectivity index (χ2v) is 6.40. The van der Waals surface area contributed by atoms with Gasteiger partial charge in [0.15, 0.2) is 6.10 Å². The largest absolute Gasteiger partial charge is 0.480 e. The van der Waals surface area contributed by atoms with Crippen molar-refractivity contribution in [1.82, 2.24) is 5.43 Å².